The third kappa shape index (κ3) is 3.13. The molecule has 19 heavy (non-hydrogen) atoms. The summed E-state index contributed by atoms with van der Waals surface area (Å²) in [5.41, 5.74) is 1.76. The molecule has 0 radical (unpaired) electrons. The summed E-state index contributed by atoms with van der Waals surface area (Å²) in [6.07, 6.45) is 1.71. The molecule has 0 amide bonds. The van der Waals surface area contributed by atoms with Crippen molar-refractivity contribution in [2.45, 2.75) is 12.1 Å². The molecule has 0 aliphatic heterocycles. The highest BCUT2D eigenvalue weighted by atomic mass is 79.9. The number of aromatic nitrogens is 2. The summed E-state index contributed by atoms with van der Waals surface area (Å²) in [6, 6.07) is 5.52. The van der Waals surface area contributed by atoms with Crippen molar-refractivity contribution in [2.75, 3.05) is 5.75 Å². The zero-order chi connectivity index (χ0) is 14.0. The van der Waals surface area contributed by atoms with Gasteiger partial charge >= 0.3 is 5.97 Å². The van der Waals surface area contributed by atoms with Gasteiger partial charge in [0.2, 0.25) is 0 Å². The number of aryl methyl sites for hydroxylation is 1. The van der Waals surface area contributed by atoms with Gasteiger partial charge in [0.25, 0.3) is 0 Å². The van der Waals surface area contributed by atoms with Gasteiger partial charge in [0.05, 0.1) is 20.9 Å². The van der Waals surface area contributed by atoms with E-state index in [1.54, 1.807) is 12.3 Å². The van der Waals surface area contributed by atoms with Crippen LogP contribution in [0.25, 0.3) is 5.69 Å². The molecule has 0 unspecified atom stereocenters. The zero-order valence-corrected chi connectivity index (χ0v) is 13.1. The van der Waals surface area contributed by atoms with E-state index in [-0.39, 0.29) is 5.75 Å². The van der Waals surface area contributed by atoms with E-state index >= 15 is 0 Å². The highest BCUT2D eigenvalue weighted by Crippen LogP contribution is 2.32. The molecule has 1 N–H and O–H groups in total. The van der Waals surface area contributed by atoms with Crippen LogP contribution in [0.1, 0.15) is 5.69 Å². The molecule has 1 aromatic heterocycles. The third-order valence-electron chi connectivity index (χ3n) is 2.40. The summed E-state index contributed by atoms with van der Waals surface area (Å²) < 4.78 is 2.64. The van der Waals surface area contributed by atoms with Crippen molar-refractivity contribution in [3.63, 3.8) is 0 Å². The van der Waals surface area contributed by atoms with Gasteiger partial charge in [0, 0.05) is 11.9 Å². The first-order valence-corrected chi connectivity index (χ1v) is 7.49. The van der Waals surface area contributed by atoms with Crippen LogP contribution in [-0.4, -0.2) is 26.4 Å². The Bertz CT molecular complexity index is 630. The van der Waals surface area contributed by atoms with Crippen LogP contribution in [0.3, 0.4) is 0 Å². The van der Waals surface area contributed by atoms with Crippen LogP contribution < -0.4 is 0 Å². The van der Waals surface area contributed by atoms with E-state index in [9.17, 15) is 4.79 Å². The zero-order valence-electron chi connectivity index (χ0n) is 9.93. The smallest absolute Gasteiger partial charge is 0.313 e. The van der Waals surface area contributed by atoms with Crippen LogP contribution in [0.5, 0.6) is 0 Å². The molecule has 0 saturated carbocycles. The molecule has 4 nitrogen and oxygen atoms in total. The number of halogens is 2. The predicted molar refractivity (Wildman–Crippen MR) is 79.4 cm³/mol. The van der Waals surface area contributed by atoms with Crippen LogP contribution in [0.2, 0.25) is 5.02 Å². The molecule has 0 bridgehead atoms. The molecule has 1 heterocycles. The highest BCUT2D eigenvalue weighted by molar-refractivity contribution is 9.10. The van der Waals surface area contributed by atoms with E-state index in [1.165, 1.54) is 11.8 Å². The van der Waals surface area contributed by atoms with Crippen molar-refractivity contribution in [1.29, 1.82) is 0 Å². The van der Waals surface area contributed by atoms with Crippen molar-refractivity contribution in [1.82, 2.24) is 9.55 Å². The van der Waals surface area contributed by atoms with E-state index in [0.29, 0.717) is 10.2 Å². The maximum absolute atomic E-state index is 10.7. The Labute approximate surface area is 127 Å². The molecule has 0 saturated heterocycles. The van der Waals surface area contributed by atoms with Crippen LogP contribution in [0, 0.1) is 6.92 Å². The number of carboxylic acids is 1. The summed E-state index contributed by atoms with van der Waals surface area (Å²) in [5.74, 6) is -0.906. The van der Waals surface area contributed by atoms with E-state index in [4.69, 9.17) is 16.7 Å². The molecule has 7 heteroatoms. The normalized spacial score (nSPS) is 10.7. The topological polar surface area (TPSA) is 55.1 Å². The van der Waals surface area contributed by atoms with E-state index in [0.717, 1.165) is 15.9 Å². The number of hydrogen-bond acceptors (Lipinski definition) is 3. The molecule has 0 spiro atoms. The average molecular weight is 362 g/mol. The lowest BCUT2D eigenvalue weighted by Gasteiger charge is -2.12. The van der Waals surface area contributed by atoms with Crippen LogP contribution in [0.15, 0.2) is 34.0 Å². The first-order valence-electron chi connectivity index (χ1n) is 5.34. The summed E-state index contributed by atoms with van der Waals surface area (Å²) >= 11 is 10.7. The molecular weight excluding hydrogens is 352 g/mol. The first-order chi connectivity index (χ1) is 9.00. The van der Waals surface area contributed by atoms with Gasteiger partial charge in [-0.05, 0) is 35.0 Å². The van der Waals surface area contributed by atoms with E-state index in [2.05, 4.69) is 20.9 Å². The number of aliphatic carboxylic acids is 1. The third-order valence-corrected chi connectivity index (χ3v) is 4.72. The van der Waals surface area contributed by atoms with Gasteiger partial charge in [-0.2, -0.15) is 0 Å². The van der Waals surface area contributed by atoms with E-state index < -0.39 is 5.97 Å². The Morgan fingerprint density at radius 3 is 3.00 bits per heavy atom. The fraction of sp³-hybridized carbons (Fsp3) is 0.167. The molecular formula is C12H10BrClN2O2S. The maximum atomic E-state index is 10.7. The largest absolute Gasteiger partial charge is 0.481 e. The quantitative estimate of drug-likeness (QED) is 0.842. The van der Waals surface area contributed by atoms with Gasteiger partial charge in [0.1, 0.15) is 0 Å². The summed E-state index contributed by atoms with van der Waals surface area (Å²) in [6.45, 7) is 1.91. The number of hydrogen-bond donors (Lipinski definition) is 1. The summed E-state index contributed by atoms with van der Waals surface area (Å²) in [5, 5.41) is 9.98. The minimum atomic E-state index is -0.873. The Morgan fingerprint density at radius 2 is 2.32 bits per heavy atom. The lowest BCUT2D eigenvalue weighted by molar-refractivity contribution is -0.133. The lowest BCUT2D eigenvalue weighted by atomic mass is 10.3. The monoisotopic (exact) mass is 360 g/mol. The number of carbonyl (C=O) groups is 1. The molecule has 2 aromatic rings. The number of benzene rings is 1. The maximum Gasteiger partial charge on any atom is 0.313 e. The fourth-order valence-corrected chi connectivity index (χ4v) is 2.96. The van der Waals surface area contributed by atoms with Crippen molar-refractivity contribution in [3.8, 4) is 5.69 Å². The number of thioether (sulfide) groups is 1. The minimum Gasteiger partial charge on any atom is -0.481 e. The fourth-order valence-electron chi connectivity index (χ4n) is 1.60. The van der Waals surface area contributed by atoms with Gasteiger partial charge < -0.3 is 5.11 Å². The second-order valence-electron chi connectivity index (χ2n) is 3.77. The molecule has 1 aromatic carbocycles. The molecule has 0 aliphatic carbocycles. The van der Waals surface area contributed by atoms with Gasteiger partial charge in [-0.3, -0.25) is 9.36 Å². The number of carboxylic acid groups (broad SMARTS) is 1. The van der Waals surface area contributed by atoms with Crippen LogP contribution >= 0.6 is 39.3 Å². The van der Waals surface area contributed by atoms with E-state index in [1.807, 2.05) is 23.6 Å². The summed E-state index contributed by atoms with van der Waals surface area (Å²) in [4.78, 5) is 14.9. The number of imidazole rings is 1. The summed E-state index contributed by atoms with van der Waals surface area (Å²) in [7, 11) is 0. The van der Waals surface area contributed by atoms with Crippen molar-refractivity contribution in [3.05, 3.63) is 39.6 Å². The van der Waals surface area contributed by atoms with Gasteiger partial charge in [-0.25, -0.2) is 4.98 Å². The first kappa shape index (κ1) is 14.4. The molecule has 0 fully saturated rings. The highest BCUT2D eigenvalue weighted by Gasteiger charge is 2.14. The molecule has 100 valence electrons. The predicted octanol–water partition coefficient (Wildman–Crippen LogP) is 3.77. The average Bonchev–Trinajstić information content (AvgIpc) is 2.72. The standard InChI is InChI=1S/C12H10BrClN2O2S/c1-7-5-15-12(19-6-10(17)18)16(7)9-4-2-3-8(14)11(9)13/h2-5H,6H2,1H3,(H,17,18). The SMILES string of the molecule is Cc1cnc(SCC(=O)O)n1-c1cccc(Cl)c1Br. The Balaban J connectivity index is 2.46. The van der Waals surface area contributed by atoms with Crippen molar-refractivity contribution in [2.24, 2.45) is 0 Å². The van der Waals surface area contributed by atoms with Crippen molar-refractivity contribution >= 4 is 45.3 Å². The minimum absolute atomic E-state index is 0.0331. The van der Waals surface area contributed by atoms with Gasteiger partial charge in [-0.15, -0.1) is 0 Å². The lowest BCUT2D eigenvalue weighted by Crippen LogP contribution is -2.03. The number of rotatable bonds is 4. The van der Waals surface area contributed by atoms with Crippen LogP contribution in [0.4, 0.5) is 0 Å². The second kappa shape index (κ2) is 5.98. The Morgan fingerprint density at radius 1 is 1.58 bits per heavy atom. The Kier molecular flexibility index (Phi) is 4.54. The molecule has 0 aliphatic rings. The van der Waals surface area contributed by atoms with Crippen molar-refractivity contribution < 1.29 is 9.90 Å². The van der Waals surface area contributed by atoms with Gasteiger partial charge in [-0.1, -0.05) is 29.4 Å². The second-order valence-corrected chi connectivity index (χ2v) is 5.92. The van der Waals surface area contributed by atoms with Gasteiger partial charge in [0.15, 0.2) is 5.16 Å². The number of nitrogens with zero attached hydrogens (tertiary/aromatic N) is 2. The van der Waals surface area contributed by atoms with Crippen LogP contribution in [-0.2, 0) is 4.79 Å². The molecule has 0 atom stereocenters. The molecule has 2 rings (SSSR count). The Hall–Kier alpha value is -0.980.